The zero-order valence-corrected chi connectivity index (χ0v) is 14.2. The van der Waals surface area contributed by atoms with Crippen molar-refractivity contribution < 1.29 is 18.7 Å². The maximum absolute atomic E-state index is 12.3. The van der Waals surface area contributed by atoms with Crippen LogP contribution in [0.3, 0.4) is 0 Å². The summed E-state index contributed by atoms with van der Waals surface area (Å²) in [6.45, 7) is 13.4. The first kappa shape index (κ1) is 16.3. The summed E-state index contributed by atoms with van der Waals surface area (Å²) in [5.41, 5.74) is 2.79. The van der Waals surface area contributed by atoms with E-state index in [1.165, 1.54) is 0 Å². The van der Waals surface area contributed by atoms with E-state index in [1.807, 2.05) is 54.5 Å². The predicted octanol–water partition coefficient (Wildman–Crippen LogP) is 4.12. The van der Waals surface area contributed by atoms with Gasteiger partial charge in [0.25, 0.3) is 0 Å². The molecule has 1 saturated heterocycles. The number of ether oxygens (including phenoxy) is 1. The SMILES string of the molecule is CC(C)=C1C(=O)OC(=O)/C1=C(\c1cc(C)oc1C)C(C)(C)C. The van der Waals surface area contributed by atoms with Gasteiger partial charge in [0.2, 0.25) is 0 Å². The van der Waals surface area contributed by atoms with E-state index < -0.39 is 11.9 Å². The van der Waals surface area contributed by atoms with Crippen molar-refractivity contribution in [2.24, 2.45) is 5.41 Å². The summed E-state index contributed by atoms with van der Waals surface area (Å²) in [7, 11) is 0. The Balaban J connectivity index is 2.90. The van der Waals surface area contributed by atoms with E-state index in [0.29, 0.717) is 11.1 Å². The number of rotatable bonds is 1. The maximum Gasteiger partial charge on any atom is 0.347 e. The third-order valence-electron chi connectivity index (χ3n) is 3.65. The largest absolute Gasteiger partial charge is 0.466 e. The summed E-state index contributed by atoms with van der Waals surface area (Å²) in [4.78, 5) is 24.3. The Morgan fingerprint density at radius 3 is 1.95 bits per heavy atom. The van der Waals surface area contributed by atoms with Crippen LogP contribution in [0, 0.1) is 19.3 Å². The number of carbonyl (C=O) groups excluding carboxylic acids is 2. The molecular formula is C18H22O4. The van der Waals surface area contributed by atoms with Gasteiger partial charge in [-0.3, -0.25) is 0 Å². The van der Waals surface area contributed by atoms with E-state index in [-0.39, 0.29) is 5.41 Å². The van der Waals surface area contributed by atoms with Crippen LogP contribution < -0.4 is 0 Å². The van der Waals surface area contributed by atoms with Gasteiger partial charge >= 0.3 is 11.9 Å². The molecule has 0 spiro atoms. The topological polar surface area (TPSA) is 56.5 Å². The highest BCUT2D eigenvalue weighted by Crippen LogP contribution is 2.43. The molecule has 0 aromatic carbocycles. The second-order valence-electron chi connectivity index (χ2n) is 6.88. The second-order valence-corrected chi connectivity index (χ2v) is 6.88. The summed E-state index contributed by atoms with van der Waals surface area (Å²) in [5.74, 6) is 0.352. The van der Waals surface area contributed by atoms with Crippen LogP contribution in [0.25, 0.3) is 5.57 Å². The van der Waals surface area contributed by atoms with E-state index >= 15 is 0 Å². The molecule has 0 bridgehead atoms. The molecule has 22 heavy (non-hydrogen) atoms. The number of allylic oxidation sites excluding steroid dienone is 2. The smallest absolute Gasteiger partial charge is 0.347 e. The molecule has 0 unspecified atom stereocenters. The molecule has 1 aliphatic rings. The monoisotopic (exact) mass is 302 g/mol. The minimum atomic E-state index is -0.579. The van der Waals surface area contributed by atoms with Crippen LogP contribution in [-0.2, 0) is 14.3 Å². The van der Waals surface area contributed by atoms with Crippen LogP contribution >= 0.6 is 0 Å². The predicted molar refractivity (Wildman–Crippen MR) is 84.0 cm³/mol. The minimum absolute atomic E-state index is 0.346. The molecule has 1 aromatic heterocycles. The van der Waals surface area contributed by atoms with Crippen molar-refractivity contribution in [1.82, 2.24) is 0 Å². The van der Waals surface area contributed by atoms with Crippen molar-refractivity contribution in [2.75, 3.05) is 0 Å². The molecule has 0 radical (unpaired) electrons. The Labute approximate surface area is 130 Å². The Kier molecular flexibility index (Phi) is 3.90. The fourth-order valence-electron chi connectivity index (χ4n) is 2.86. The Morgan fingerprint density at radius 2 is 1.55 bits per heavy atom. The lowest BCUT2D eigenvalue weighted by Gasteiger charge is -2.24. The lowest BCUT2D eigenvalue weighted by molar-refractivity contribution is -0.149. The average molecular weight is 302 g/mol. The number of cyclic esters (lactones) is 2. The molecule has 1 aromatic rings. The molecule has 0 amide bonds. The molecule has 0 N–H and O–H groups in total. The van der Waals surface area contributed by atoms with E-state index in [4.69, 9.17) is 9.15 Å². The lowest BCUT2D eigenvalue weighted by atomic mass is 9.77. The molecule has 0 aliphatic carbocycles. The van der Waals surface area contributed by atoms with Gasteiger partial charge in [0.15, 0.2) is 0 Å². The Hall–Kier alpha value is -2.10. The summed E-state index contributed by atoms with van der Waals surface area (Å²) in [6, 6.07) is 1.90. The van der Waals surface area contributed by atoms with Crippen LogP contribution in [0.2, 0.25) is 0 Å². The highest BCUT2D eigenvalue weighted by Gasteiger charge is 2.40. The van der Waals surface area contributed by atoms with Gasteiger partial charge in [-0.05, 0) is 44.7 Å². The van der Waals surface area contributed by atoms with Crippen molar-refractivity contribution in [3.8, 4) is 0 Å². The summed E-state index contributed by atoms with van der Waals surface area (Å²) < 4.78 is 10.5. The zero-order valence-electron chi connectivity index (χ0n) is 14.2. The van der Waals surface area contributed by atoms with Gasteiger partial charge in [-0.15, -0.1) is 0 Å². The number of esters is 2. The van der Waals surface area contributed by atoms with Gasteiger partial charge in [-0.1, -0.05) is 26.3 Å². The van der Waals surface area contributed by atoms with E-state index in [2.05, 4.69) is 0 Å². The number of hydrogen-bond acceptors (Lipinski definition) is 4. The third-order valence-corrected chi connectivity index (χ3v) is 3.65. The molecule has 1 aliphatic heterocycles. The maximum atomic E-state index is 12.3. The normalized spacial score (nSPS) is 17.9. The first-order valence-corrected chi connectivity index (χ1v) is 7.30. The quantitative estimate of drug-likeness (QED) is 0.445. The number of furan rings is 1. The number of carbonyl (C=O) groups is 2. The summed E-state index contributed by atoms with van der Waals surface area (Å²) in [5, 5.41) is 0. The first-order valence-electron chi connectivity index (χ1n) is 7.30. The highest BCUT2D eigenvalue weighted by atomic mass is 16.6. The van der Waals surface area contributed by atoms with Crippen molar-refractivity contribution in [1.29, 1.82) is 0 Å². The Bertz CT molecular complexity index is 717. The molecule has 118 valence electrons. The molecule has 4 nitrogen and oxygen atoms in total. The van der Waals surface area contributed by atoms with Crippen molar-refractivity contribution in [2.45, 2.75) is 48.5 Å². The van der Waals surface area contributed by atoms with Crippen molar-refractivity contribution in [3.63, 3.8) is 0 Å². The van der Waals surface area contributed by atoms with Crippen molar-refractivity contribution in [3.05, 3.63) is 39.9 Å². The zero-order chi connectivity index (χ0) is 16.8. The van der Waals surface area contributed by atoms with E-state index in [0.717, 1.165) is 28.2 Å². The molecule has 1 fully saturated rings. The van der Waals surface area contributed by atoms with Gasteiger partial charge in [-0.25, -0.2) is 9.59 Å². The fraction of sp³-hybridized carbons (Fsp3) is 0.444. The fourth-order valence-corrected chi connectivity index (χ4v) is 2.86. The molecular weight excluding hydrogens is 280 g/mol. The molecule has 2 heterocycles. The van der Waals surface area contributed by atoms with Gasteiger partial charge in [0.1, 0.15) is 11.5 Å². The summed E-state index contributed by atoms with van der Waals surface area (Å²) >= 11 is 0. The molecule has 0 saturated carbocycles. The average Bonchev–Trinajstić information content (AvgIpc) is 2.78. The van der Waals surface area contributed by atoms with E-state index in [1.54, 1.807) is 0 Å². The van der Waals surface area contributed by atoms with Gasteiger partial charge in [0.05, 0.1) is 11.1 Å². The van der Waals surface area contributed by atoms with Gasteiger partial charge in [0, 0.05) is 5.56 Å². The third kappa shape index (κ3) is 2.65. The van der Waals surface area contributed by atoms with Crippen LogP contribution in [0.15, 0.2) is 27.2 Å². The van der Waals surface area contributed by atoms with Gasteiger partial charge in [-0.2, -0.15) is 0 Å². The highest BCUT2D eigenvalue weighted by molar-refractivity contribution is 6.22. The van der Waals surface area contributed by atoms with Crippen LogP contribution in [-0.4, -0.2) is 11.9 Å². The number of aryl methyl sites for hydroxylation is 2. The minimum Gasteiger partial charge on any atom is -0.466 e. The summed E-state index contributed by atoms with van der Waals surface area (Å²) in [6.07, 6.45) is 0. The number of hydrogen-bond donors (Lipinski definition) is 0. The van der Waals surface area contributed by atoms with E-state index in [9.17, 15) is 9.59 Å². The van der Waals surface area contributed by atoms with Crippen LogP contribution in [0.1, 0.15) is 51.7 Å². The lowest BCUT2D eigenvalue weighted by Crippen LogP contribution is -2.14. The standard InChI is InChI=1S/C18H22O4/c1-9(2)13-14(17(20)22-16(13)19)15(18(5,6)7)12-8-10(3)21-11(12)4/h8H,1-7H3/b15-14+. The first-order chi connectivity index (χ1) is 10.0. The van der Waals surface area contributed by atoms with Crippen LogP contribution in [0.5, 0.6) is 0 Å². The Morgan fingerprint density at radius 1 is 1.00 bits per heavy atom. The second kappa shape index (κ2) is 5.27. The molecule has 0 atom stereocenters. The van der Waals surface area contributed by atoms with Crippen LogP contribution in [0.4, 0.5) is 0 Å². The molecule has 4 heteroatoms. The molecule has 2 rings (SSSR count). The van der Waals surface area contributed by atoms with Crippen molar-refractivity contribution >= 4 is 17.5 Å². The van der Waals surface area contributed by atoms with Gasteiger partial charge < -0.3 is 9.15 Å².